The maximum atomic E-state index is 13.6. The van der Waals surface area contributed by atoms with Crippen molar-refractivity contribution < 1.29 is 4.79 Å². The minimum atomic E-state index is 0.131. The molecule has 0 N–H and O–H groups in total. The van der Waals surface area contributed by atoms with E-state index in [1.807, 2.05) is 18.2 Å². The van der Waals surface area contributed by atoms with E-state index in [9.17, 15) is 4.79 Å². The van der Waals surface area contributed by atoms with Gasteiger partial charge in [0.05, 0.1) is 6.04 Å². The van der Waals surface area contributed by atoms with Crippen molar-refractivity contribution in [2.24, 2.45) is 0 Å². The molecule has 0 radical (unpaired) electrons. The van der Waals surface area contributed by atoms with E-state index in [0.717, 1.165) is 25.7 Å². The van der Waals surface area contributed by atoms with Gasteiger partial charge in [0.1, 0.15) is 0 Å². The molecular formula is C30H35NO. The summed E-state index contributed by atoms with van der Waals surface area (Å²) in [5.41, 5.74) is 6.61. The topological polar surface area (TPSA) is 20.3 Å². The number of carbonyl (C=O) groups excluding carboxylic acids is 1. The van der Waals surface area contributed by atoms with Crippen molar-refractivity contribution in [1.29, 1.82) is 0 Å². The molecule has 0 aromatic heterocycles. The molecule has 2 heteroatoms. The Hall–Kier alpha value is -2.87. The molecule has 1 atom stereocenters. The summed E-state index contributed by atoms with van der Waals surface area (Å²) in [6, 6.07) is 28.0. The molecule has 1 aliphatic rings. The molecule has 32 heavy (non-hydrogen) atoms. The summed E-state index contributed by atoms with van der Waals surface area (Å²) in [7, 11) is 0. The van der Waals surface area contributed by atoms with E-state index in [2.05, 4.69) is 86.3 Å². The van der Waals surface area contributed by atoms with Gasteiger partial charge < -0.3 is 4.90 Å². The second-order valence-corrected chi connectivity index (χ2v) is 10.1. The first kappa shape index (κ1) is 22.3. The van der Waals surface area contributed by atoms with Gasteiger partial charge in [-0.3, -0.25) is 4.79 Å². The van der Waals surface area contributed by atoms with Crippen LogP contribution in [0.3, 0.4) is 0 Å². The molecule has 166 valence electrons. The van der Waals surface area contributed by atoms with Crippen molar-refractivity contribution >= 4 is 5.91 Å². The van der Waals surface area contributed by atoms with Gasteiger partial charge in [-0.25, -0.2) is 0 Å². The summed E-state index contributed by atoms with van der Waals surface area (Å²) in [5, 5.41) is 0. The van der Waals surface area contributed by atoms with Gasteiger partial charge in [-0.2, -0.15) is 0 Å². The van der Waals surface area contributed by atoms with Crippen molar-refractivity contribution in [3.05, 3.63) is 107 Å². The molecule has 0 spiro atoms. The lowest BCUT2D eigenvalue weighted by atomic mass is 9.85. The number of hydrogen-bond acceptors (Lipinski definition) is 1. The number of hydrogen-bond donors (Lipinski definition) is 0. The second-order valence-electron chi connectivity index (χ2n) is 10.1. The summed E-state index contributed by atoms with van der Waals surface area (Å²) in [6.45, 7) is 7.37. The third kappa shape index (κ3) is 5.30. The molecular weight excluding hydrogens is 390 g/mol. The Bertz CT molecular complexity index is 1030. The van der Waals surface area contributed by atoms with Crippen LogP contribution in [0, 0.1) is 0 Å². The lowest BCUT2D eigenvalue weighted by Gasteiger charge is -2.36. The van der Waals surface area contributed by atoms with Gasteiger partial charge in [0.25, 0.3) is 0 Å². The van der Waals surface area contributed by atoms with Crippen LogP contribution in [0.5, 0.6) is 0 Å². The first-order valence-corrected chi connectivity index (χ1v) is 11.9. The monoisotopic (exact) mass is 425 g/mol. The molecule has 2 nitrogen and oxygen atoms in total. The molecule has 3 aromatic carbocycles. The molecule has 1 aliphatic carbocycles. The Labute approximate surface area is 193 Å². The van der Waals surface area contributed by atoms with Crippen molar-refractivity contribution in [3.8, 4) is 0 Å². The summed E-state index contributed by atoms with van der Waals surface area (Å²) in [5.74, 6) is 0.246. The average Bonchev–Trinajstić information content (AvgIpc) is 2.81. The Morgan fingerprint density at radius 2 is 1.56 bits per heavy atom. The van der Waals surface area contributed by atoms with Crippen LogP contribution in [-0.4, -0.2) is 10.8 Å². The lowest BCUT2D eigenvalue weighted by molar-refractivity contribution is -0.134. The van der Waals surface area contributed by atoms with Crippen LogP contribution in [0.2, 0.25) is 0 Å². The maximum Gasteiger partial charge on any atom is 0.223 e. The third-order valence-electron chi connectivity index (χ3n) is 6.68. The third-order valence-corrected chi connectivity index (χ3v) is 6.68. The molecule has 0 fully saturated rings. The highest BCUT2D eigenvalue weighted by atomic mass is 16.2. The fourth-order valence-corrected chi connectivity index (χ4v) is 4.77. The second kappa shape index (κ2) is 9.73. The SMILES string of the molecule is CC(C)(C)c1ccc(CN(C(=O)CCc2ccccc2)C2CCCc3ccccc32)cc1. The van der Waals surface area contributed by atoms with Gasteiger partial charge in [-0.15, -0.1) is 0 Å². The first-order chi connectivity index (χ1) is 15.4. The van der Waals surface area contributed by atoms with E-state index >= 15 is 0 Å². The van der Waals surface area contributed by atoms with Gasteiger partial charge in [0.15, 0.2) is 0 Å². The van der Waals surface area contributed by atoms with Crippen LogP contribution < -0.4 is 0 Å². The fraction of sp³-hybridized carbons (Fsp3) is 0.367. The fourth-order valence-electron chi connectivity index (χ4n) is 4.77. The number of nitrogens with zero attached hydrogens (tertiary/aromatic N) is 1. The minimum Gasteiger partial charge on any atom is -0.331 e. The lowest BCUT2D eigenvalue weighted by Crippen LogP contribution is -2.36. The number of amides is 1. The molecule has 0 heterocycles. The number of fused-ring (bicyclic) bond motifs is 1. The summed E-state index contributed by atoms with van der Waals surface area (Å²) < 4.78 is 0. The zero-order valence-electron chi connectivity index (χ0n) is 19.7. The first-order valence-electron chi connectivity index (χ1n) is 11.9. The molecule has 0 aliphatic heterocycles. The van der Waals surface area contributed by atoms with Gasteiger partial charge in [-0.1, -0.05) is 99.6 Å². The summed E-state index contributed by atoms with van der Waals surface area (Å²) in [6.07, 6.45) is 4.61. The number of rotatable bonds is 6. The standard InChI is InChI=1S/C30H35NO/c1-30(2,3)26-19-16-24(17-20-26)22-31(29(32)21-18-23-10-5-4-6-11-23)28-15-9-13-25-12-7-8-14-27(25)28/h4-8,10-12,14,16-17,19-20,28H,9,13,15,18,21-22H2,1-3H3. The Balaban J connectivity index is 1.59. The van der Waals surface area contributed by atoms with Gasteiger partial charge in [-0.05, 0) is 58.9 Å². The highest BCUT2D eigenvalue weighted by molar-refractivity contribution is 5.77. The number of aryl methyl sites for hydroxylation is 2. The molecule has 0 bridgehead atoms. The number of carbonyl (C=O) groups is 1. The van der Waals surface area contributed by atoms with Crippen LogP contribution in [0.4, 0.5) is 0 Å². The largest absolute Gasteiger partial charge is 0.331 e. The van der Waals surface area contributed by atoms with Gasteiger partial charge in [0, 0.05) is 13.0 Å². The van der Waals surface area contributed by atoms with Crippen LogP contribution in [-0.2, 0) is 29.6 Å². The van der Waals surface area contributed by atoms with Crippen molar-refractivity contribution in [1.82, 2.24) is 4.90 Å². The molecule has 0 saturated carbocycles. The summed E-state index contributed by atoms with van der Waals surface area (Å²) >= 11 is 0. The van der Waals surface area contributed by atoms with Crippen molar-refractivity contribution in [2.45, 2.75) is 70.9 Å². The van der Waals surface area contributed by atoms with Gasteiger partial charge >= 0.3 is 0 Å². The minimum absolute atomic E-state index is 0.131. The van der Waals surface area contributed by atoms with Crippen molar-refractivity contribution in [2.75, 3.05) is 0 Å². The highest BCUT2D eigenvalue weighted by Gasteiger charge is 2.29. The van der Waals surface area contributed by atoms with Crippen LogP contribution >= 0.6 is 0 Å². The van der Waals surface area contributed by atoms with E-state index in [4.69, 9.17) is 0 Å². The van der Waals surface area contributed by atoms with E-state index in [0.29, 0.717) is 13.0 Å². The van der Waals surface area contributed by atoms with Gasteiger partial charge in [0.2, 0.25) is 5.91 Å². The van der Waals surface area contributed by atoms with E-state index in [1.54, 1.807) is 0 Å². The Kier molecular flexibility index (Phi) is 6.79. The van der Waals surface area contributed by atoms with E-state index < -0.39 is 0 Å². The Morgan fingerprint density at radius 3 is 2.28 bits per heavy atom. The van der Waals surface area contributed by atoms with E-state index in [-0.39, 0.29) is 17.4 Å². The quantitative estimate of drug-likeness (QED) is 0.415. The average molecular weight is 426 g/mol. The molecule has 0 saturated heterocycles. The Morgan fingerprint density at radius 1 is 0.875 bits per heavy atom. The molecule has 4 rings (SSSR count). The summed E-state index contributed by atoms with van der Waals surface area (Å²) in [4.78, 5) is 15.7. The molecule has 1 unspecified atom stereocenters. The maximum absolute atomic E-state index is 13.6. The van der Waals surface area contributed by atoms with Crippen LogP contribution in [0.15, 0.2) is 78.9 Å². The molecule has 1 amide bonds. The molecule has 3 aromatic rings. The van der Waals surface area contributed by atoms with E-state index in [1.165, 1.54) is 27.8 Å². The zero-order valence-corrected chi connectivity index (χ0v) is 19.7. The zero-order chi connectivity index (χ0) is 22.6. The smallest absolute Gasteiger partial charge is 0.223 e. The van der Waals surface area contributed by atoms with Crippen LogP contribution in [0.1, 0.15) is 73.9 Å². The van der Waals surface area contributed by atoms with Crippen molar-refractivity contribution in [3.63, 3.8) is 0 Å². The number of benzene rings is 3. The predicted octanol–water partition coefficient (Wildman–Crippen LogP) is 7.02. The van der Waals surface area contributed by atoms with Crippen LogP contribution in [0.25, 0.3) is 0 Å². The highest BCUT2D eigenvalue weighted by Crippen LogP contribution is 2.36. The normalized spacial score (nSPS) is 15.8. The predicted molar refractivity (Wildman–Crippen MR) is 133 cm³/mol.